The first kappa shape index (κ1) is 13.0. The summed E-state index contributed by atoms with van der Waals surface area (Å²) in [5, 5.41) is 8.89. The molecular formula is C12H14O5. The van der Waals surface area contributed by atoms with E-state index in [9.17, 15) is 9.59 Å². The Morgan fingerprint density at radius 3 is 2.65 bits per heavy atom. The summed E-state index contributed by atoms with van der Waals surface area (Å²) in [6.45, 7) is 0.277. The minimum absolute atomic E-state index is 0.116. The summed E-state index contributed by atoms with van der Waals surface area (Å²) in [5.74, 6) is -1.03. The third kappa shape index (κ3) is 4.14. The summed E-state index contributed by atoms with van der Waals surface area (Å²) in [6.07, 6.45) is 0.742. The molecular weight excluding hydrogens is 224 g/mol. The second-order valence-electron chi connectivity index (χ2n) is 3.33. The van der Waals surface area contributed by atoms with Crippen molar-refractivity contribution in [1.29, 1.82) is 0 Å². The van der Waals surface area contributed by atoms with E-state index >= 15 is 0 Å². The fourth-order valence-corrected chi connectivity index (χ4v) is 1.27. The predicted octanol–water partition coefficient (Wildman–Crippen LogP) is 1.72. The lowest BCUT2D eigenvalue weighted by Gasteiger charge is -2.08. The van der Waals surface area contributed by atoms with Crippen molar-refractivity contribution in [3.63, 3.8) is 0 Å². The van der Waals surface area contributed by atoms with Gasteiger partial charge in [-0.1, -0.05) is 12.1 Å². The van der Waals surface area contributed by atoms with E-state index in [0.717, 1.165) is 0 Å². The van der Waals surface area contributed by atoms with Gasteiger partial charge in [0.25, 0.3) is 0 Å². The highest BCUT2D eigenvalue weighted by molar-refractivity contribution is 5.90. The van der Waals surface area contributed by atoms with E-state index in [-0.39, 0.29) is 24.6 Å². The number of hydrogen-bond acceptors (Lipinski definition) is 4. The molecule has 0 aliphatic rings. The summed E-state index contributed by atoms with van der Waals surface area (Å²) >= 11 is 0. The minimum atomic E-state index is -1.03. The molecule has 17 heavy (non-hydrogen) atoms. The Hall–Kier alpha value is -2.04. The largest absolute Gasteiger partial charge is 0.493 e. The zero-order valence-corrected chi connectivity index (χ0v) is 9.51. The lowest BCUT2D eigenvalue weighted by atomic mass is 10.2. The highest BCUT2D eigenvalue weighted by Gasteiger charge is 2.09. The Morgan fingerprint density at radius 2 is 2.00 bits per heavy atom. The lowest BCUT2D eigenvalue weighted by molar-refractivity contribution is -0.140. The van der Waals surface area contributed by atoms with Crippen molar-refractivity contribution in [2.45, 2.75) is 12.8 Å². The molecule has 5 heteroatoms. The number of carboxylic acid groups (broad SMARTS) is 1. The van der Waals surface area contributed by atoms with Crippen LogP contribution in [0.2, 0.25) is 0 Å². The van der Waals surface area contributed by atoms with Crippen molar-refractivity contribution in [2.24, 2.45) is 0 Å². The van der Waals surface area contributed by atoms with Gasteiger partial charge >= 0.3 is 11.9 Å². The number of carboxylic acids is 1. The number of hydrogen-bond donors (Lipinski definition) is 1. The normalized spacial score (nSPS) is 9.71. The van der Waals surface area contributed by atoms with Crippen LogP contribution in [0.5, 0.6) is 5.75 Å². The second kappa shape index (κ2) is 6.52. The highest BCUT2D eigenvalue weighted by atomic mass is 16.5. The maximum absolute atomic E-state index is 10.9. The molecule has 0 fully saturated rings. The van der Waals surface area contributed by atoms with E-state index in [2.05, 4.69) is 4.74 Å². The molecule has 1 N–H and O–H groups in total. The van der Waals surface area contributed by atoms with Gasteiger partial charge in [0.05, 0.1) is 13.7 Å². The van der Waals surface area contributed by atoms with Crippen LogP contribution in [0.1, 0.15) is 23.2 Å². The third-order valence-electron chi connectivity index (χ3n) is 2.13. The summed E-state index contributed by atoms with van der Waals surface area (Å²) in [5.41, 5.74) is 0.116. The van der Waals surface area contributed by atoms with E-state index in [1.165, 1.54) is 13.2 Å². The molecule has 0 saturated carbocycles. The van der Waals surface area contributed by atoms with Gasteiger partial charge in [0, 0.05) is 6.42 Å². The number of para-hydroxylation sites is 1. The maximum atomic E-state index is 10.9. The molecule has 5 nitrogen and oxygen atoms in total. The Morgan fingerprint density at radius 1 is 1.29 bits per heavy atom. The van der Waals surface area contributed by atoms with E-state index in [4.69, 9.17) is 9.84 Å². The monoisotopic (exact) mass is 238 g/mol. The fourth-order valence-electron chi connectivity index (χ4n) is 1.27. The van der Waals surface area contributed by atoms with E-state index in [1.54, 1.807) is 18.2 Å². The van der Waals surface area contributed by atoms with Crippen molar-refractivity contribution in [2.75, 3.05) is 13.7 Å². The van der Waals surface area contributed by atoms with Gasteiger partial charge in [-0.05, 0) is 18.6 Å². The third-order valence-corrected chi connectivity index (χ3v) is 2.13. The first-order valence-corrected chi connectivity index (χ1v) is 5.17. The van der Waals surface area contributed by atoms with Crippen LogP contribution in [0.3, 0.4) is 0 Å². The second-order valence-corrected chi connectivity index (χ2v) is 3.33. The van der Waals surface area contributed by atoms with Crippen LogP contribution in [-0.4, -0.2) is 30.8 Å². The van der Waals surface area contributed by atoms with Crippen LogP contribution in [0, 0.1) is 0 Å². The zero-order valence-electron chi connectivity index (χ0n) is 9.51. The molecule has 0 aliphatic heterocycles. The Kier molecular flexibility index (Phi) is 5.00. The van der Waals surface area contributed by atoms with Crippen molar-refractivity contribution < 1.29 is 24.2 Å². The minimum Gasteiger partial charge on any atom is -0.493 e. The number of carbonyl (C=O) groups excluding carboxylic acids is 1. The molecule has 0 radical (unpaired) electrons. The number of esters is 1. The quantitative estimate of drug-likeness (QED) is 0.603. The Labute approximate surface area is 99.0 Å². The number of carbonyl (C=O) groups is 2. The molecule has 0 unspecified atom stereocenters. The summed E-state index contributed by atoms with van der Waals surface area (Å²) in [4.78, 5) is 21.7. The number of ether oxygens (including phenoxy) is 2. The Bertz CT molecular complexity index is 400. The molecule has 0 saturated heterocycles. The van der Waals surface area contributed by atoms with Crippen molar-refractivity contribution >= 4 is 11.9 Å². The SMILES string of the molecule is COC(=O)CCCOc1ccccc1C(=O)O. The first-order chi connectivity index (χ1) is 8.15. The molecule has 0 heterocycles. The van der Waals surface area contributed by atoms with E-state index < -0.39 is 5.97 Å². The molecule has 0 bridgehead atoms. The number of aromatic carboxylic acids is 1. The molecule has 1 aromatic rings. The molecule has 0 spiro atoms. The van der Waals surface area contributed by atoms with Gasteiger partial charge in [-0.25, -0.2) is 4.79 Å². The van der Waals surface area contributed by atoms with Gasteiger partial charge in [0.2, 0.25) is 0 Å². The summed E-state index contributed by atoms with van der Waals surface area (Å²) in [6, 6.07) is 6.38. The van der Waals surface area contributed by atoms with Gasteiger partial charge in [-0.15, -0.1) is 0 Å². The van der Waals surface area contributed by atoms with E-state index in [0.29, 0.717) is 12.2 Å². The van der Waals surface area contributed by atoms with Crippen molar-refractivity contribution in [3.8, 4) is 5.75 Å². The lowest BCUT2D eigenvalue weighted by Crippen LogP contribution is -2.07. The summed E-state index contributed by atoms with van der Waals surface area (Å²) in [7, 11) is 1.32. The van der Waals surface area contributed by atoms with Crippen LogP contribution >= 0.6 is 0 Å². The number of methoxy groups -OCH3 is 1. The van der Waals surface area contributed by atoms with Crippen LogP contribution in [0.4, 0.5) is 0 Å². The van der Waals surface area contributed by atoms with Gasteiger partial charge < -0.3 is 14.6 Å². The fraction of sp³-hybridized carbons (Fsp3) is 0.333. The van der Waals surface area contributed by atoms with Crippen LogP contribution in [-0.2, 0) is 9.53 Å². The Balaban J connectivity index is 2.46. The molecule has 0 amide bonds. The molecule has 0 aromatic heterocycles. The number of rotatable bonds is 6. The van der Waals surface area contributed by atoms with E-state index in [1.807, 2.05) is 0 Å². The van der Waals surface area contributed by atoms with Crippen LogP contribution in [0.15, 0.2) is 24.3 Å². The smallest absolute Gasteiger partial charge is 0.339 e. The van der Waals surface area contributed by atoms with Crippen LogP contribution in [0.25, 0.3) is 0 Å². The van der Waals surface area contributed by atoms with Crippen molar-refractivity contribution in [3.05, 3.63) is 29.8 Å². The standard InChI is InChI=1S/C12H14O5/c1-16-11(13)7-4-8-17-10-6-3-2-5-9(10)12(14)15/h2-3,5-6H,4,7-8H2,1H3,(H,14,15). The molecule has 1 rings (SSSR count). The molecule has 0 atom stereocenters. The van der Waals surface area contributed by atoms with Gasteiger partial charge in [-0.3, -0.25) is 4.79 Å². The van der Waals surface area contributed by atoms with Gasteiger partial charge in [0.15, 0.2) is 0 Å². The first-order valence-electron chi connectivity index (χ1n) is 5.17. The molecule has 92 valence electrons. The maximum Gasteiger partial charge on any atom is 0.339 e. The van der Waals surface area contributed by atoms with Gasteiger partial charge in [-0.2, -0.15) is 0 Å². The zero-order chi connectivity index (χ0) is 12.7. The van der Waals surface area contributed by atoms with Crippen molar-refractivity contribution in [1.82, 2.24) is 0 Å². The summed E-state index contributed by atoms with van der Waals surface area (Å²) < 4.78 is 9.78. The predicted molar refractivity (Wildman–Crippen MR) is 60.1 cm³/mol. The van der Waals surface area contributed by atoms with Gasteiger partial charge in [0.1, 0.15) is 11.3 Å². The topological polar surface area (TPSA) is 72.8 Å². The van der Waals surface area contributed by atoms with Crippen LogP contribution < -0.4 is 4.74 Å². The molecule has 1 aromatic carbocycles. The average molecular weight is 238 g/mol. The number of benzene rings is 1. The molecule has 0 aliphatic carbocycles. The highest BCUT2D eigenvalue weighted by Crippen LogP contribution is 2.17. The average Bonchev–Trinajstić information content (AvgIpc) is 2.34.